The van der Waals surface area contributed by atoms with E-state index in [0.29, 0.717) is 12.8 Å². The van der Waals surface area contributed by atoms with Crippen molar-refractivity contribution in [3.63, 3.8) is 0 Å². The molecule has 0 amide bonds. The fourth-order valence-electron chi connectivity index (χ4n) is 1.66. The molecule has 3 nitrogen and oxygen atoms in total. The van der Waals surface area contributed by atoms with Crippen LogP contribution in [-0.4, -0.2) is 11.9 Å². The van der Waals surface area contributed by atoms with Crippen molar-refractivity contribution in [3.8, 4) is 0 Å². The van der Waals surface area contributed by atoms with E-state index in [0.717, 1.165) is 5.56 Å². The summed E-state index contributed by atoms with van der Waals surface area (Å²) in [6, 6.07) is 9.39. The molecule has 92 valence electrons. The Hall–Kier alpha value is -1.64. The Labute approximate surface area is 102 Å². The topological polar surface area (TPSA) is 43.4 Å². The highest BCUT2D eigenvalue weighted by Crippen LogP contribution is 2.20. The highest BCUT2D eigenvalue weighted by Gasteiger charge is 2.22. The van der Waals surface area contributed by atoms with Crippen molar-refractivity contribution < 1.29 is 14.3 Å². The van der Waals surface area contributed by atoms with E-state index in [-0.39, 0.29) is 12.3 Å². The van der Waals surface area contributed by atoms with Gasteiger partial charge in [0.15, 0.2) is 0 Å². The molecule has 0 spiro atoms. The number of hydrogen-bond acceptors (Lipinski definition) is 3. The Bertz CT molecular complexity index is 370. The Morgan fingerprint density at radius 1 is 1.18 bits per heavy atom. The van der Waals surface area contributed by atoms with Gasteiger partial charge in [-0.3, -0.25) is 9.59 Å². The van der Waals surface area contributed by atoms with Gasteiger partial charge in [0.25, 0.3) is 0 Å². The molecule has 0 bridgehead atoms. The van der Waals surface area contributed by atoms with Crippen molar-refractivity contribution >= 4 is 11.9 Å². The van der Waals surface area contributed by atoms with Gasteiger partial charge in [-0.2, -0.15) is 0 Å². The lowest BCUT2D eigenvalue weighted by atomic mass is 9.97. The van der Waals surface area contributed by atoms with Crippen LogP contribution in [0.1, 0.15) is 44.6 Å². The van der Waals surface area contributed by atoms with Gasteiger partial charge < -0.3 is 4.74 Å². The number of esters is 2. The molecule has 0 aliphatic rings. The third kappa shape index (κ3) is 4.02. The summed E-state index contributed by atoms with van der Waals surface area (Å²) in [7, 11) is 0. The third-order valence-corrected chi connectivity index (χ3v) is 2.56. The molecule has 1 rings (SSSR count). The zero-order valence-electron chi connectivity index (χ0n) is 10.3. The predicted octanol–water partition coefficient (Wildman–Crippen LogP) is 3.05. The van der Waals surface area contributed by atoms with Crippen LogP contribution in [0.25, 0.3) is 0 Å². The van der Waals surface area contributed by atoms with Crippen LogP contribution in [0.15, 0.2) is 30.3 Å². The van der Waals surface area contributed by atoms with E-state index in [1.807, 2.05) is 44.2 Å². The van der Waals surface area contributed by atoms with Gasteiger partial charge in [0.2, 0.25) is 0 Å². The van der Waals surface area contributed by atoms with Gasteiger partial charge in [-0.25, -0.2) is 0 Å². The molecule has 0 aliphatic carbocycles. The summed E-state index contributed by atoms with van der Waals surface area (Å²) < 4.78 is 4.82. The molecule has 0 heterocycles. The van der Waals surface area contributed by atoms with Crippen molar-refractivity contribution in [3.05, 3.63) is 35.9 Å². The maximum Gasteiger partial charge on any atom is 0.321 e. The summed E-state index contributed by atoms with van der Waals surface area (Å²) in [5.41, 5.74) is 0.893. The number of hydrogen-bond donors (Lipinski definition) is 0. The summed E-state index contributed by atoms with van der Waals surface area (Å²) in [5.74, 6) is -1.24. The normalized spacial score (nSPS) is 11.9. The van der Waals surface area contributed by atoms with Crippen LogP contribution in [0, 0.1) is 0 Å². The molecule has 0 radical (unpaired) electrons. The lowest BCUT2D eigenvalue weighted by Gasteiger charge is -2.13. The van der Waals surface area contributed by atoms with E-state index >= 15 is 0 Å². The number of ether oxygens (including phenoxy) is 1. The zero-order valence-corrected chi connectivity index (χ0v) is 10.3. The zero-order chi connectivity index (χ0) is 12.7. The van der Waals surface area contributed by atoms with Gasteiger partial charge in [0.05, 0.1) is 5.92 Å². The lowest BCUT2D eigenvalue weighted by molar-refractivity contribution is -0.160. The van der Waals surface area contributed by atoms with E-state index < -0.39 is 11.9 Å². The summed E-state index contributed by atoms with van der Waals surface area (Å²) in [6.07, 6.45) is 1.60. The first-order valence-electron chi connectivity index (χ1n) is 5.98. The second-order valence-electron chi connectivity index (χ2n) is 3.91. The molecule has 1 atom stereocenters. The van der Waals surface area contributed by atoms with Crippen molar-refractivity contribution in [1.82, 2.24) is 0 Å². The Morgan fingerprint density at radius 2 is 1.82 bits per heavy atom. The first-order chi connectivity index (χ1) is 8.19. The van der Waals surface area contributed by atoms with E-state index in [2.05, 4.69) is 0 Å². The lowest BCUT2D eigenvalue weighted by Crippen LogP contribution is -2.19. The second kappa shape index (κ2) is 6.84. The molecule has 1 unspecified atom stereocenters. The van der Waals surface area contributed by atoms with Crippen LogP contribution in [0.3, 0.4) is 0 Å². The minimum Gasteiger partial charge on any atom is -0.393 e. The monoisotopic (exact) mass is 234 g/mol. The van der Waals surface area contributed by atoms with Crippen LogP contribution in [0.5, 0.6) is 0 Å². The van der Waals surface area contributed by atoms with E-state index in [4.69, 9.17) is 4.74 Å². The molecule has 0 saturated carbocycles. The van der Waals surface area contributed by atoms with Crippen LogP contribution in [0.4, 0.5) is 0 Å². The van der Waals surface area contributed by atoms with Crippen molar-refractivity contribution in [2.75, 3.05) is 0 Å². The molecule has 1 aromatic rings. The maximum absolute atomic E-state index is 11.8. The van der Waals surface area contributed by atoms with Gasteiger partial charge >= 0.3 is 11.9 Å². The van der Waals surface area contributed by atoms with Crippen molar-refractivity contribution in [2.24, 2.45) is 0 Å². The minimum absolute atomic E-state index is 0.289. The van der Waals surface area contributed by atoms with Crippen LogP contribution in [0.2, 0.25) is 0 Å². The van der Waals surface area contributed by atoms with E-state index in [1.165, 1.54) is 0 Å². The van der Waals surface area contributed by atoms with Gasteiger partial charge in [-0.05, 0) is 18.4 Å². The van der Waals surface area contributed by atoms with E-state index in [9.17, 15) is 9.59 Å². The molecular formula is C14H18O3. The van der Waals surface area contributed by atoms with Gasteiger partial charge in [-0.1, -0.05) is 44.2 Å². The molecule has 0 aromatic heterocycles. The summed E-state index contributed by atoms with van der Waals surface area (Å²) in [4.78, 5) is 23.1. The fourth-order valence-corrected chi connectivity index (χ4v) is 1.66. The molecule has 0 aliphatic heterocycles. The average Bonchev–Trinajstić information content (AvgIpc) is 2.31. The predicted molar refractivity (Wildman–Crippen MR) is 65.5 cm³/mol. The van der Waals surface area contributed by atoms with Crippen LogP contribution < -0.4 is 0 Å². The Morgan fingerprint density at radius 3 is 2.35 bits per heavy atom. The standard InChI is InChI=1S/C14H18O3/c1-3-8-13(15)17-14(16)12(4-2)11-9-6-5-7-10-11/h5-7,9-10,12H,3-4,8H2,1-2H3. The smallest absolute Gasteiger partial charge is 0.321 e. The molecule has 3 heteroatoms. The SMILES string of the molecule is CCCC(=O)OC(=O)C(CC)c1ccccc1. The summed E-state index contributed by atoms with van der Waals surface area (Å²) >= 11 is 0. The fraction of sp³-hybridized carbons (Fsp3) is 0.429. The third-order valence-electron chi connectivity index (χ3n) is 2.56. The molecule has 0 saturated heterocycles. The number of carbonyl (C=O) groups excluding carboxylic acids is 2. The van der Waals surface area contributed by atoms with E-state index in [1.54, 1.807) is 0 Å². The molecule has 0 fully saturated rings. The summed E-state index contributed by atoms with van der Waals surface area (Å²) in [6.45, 7) is 3.78. The minimum atomic E-state index is -0.447. The number of carbonyl (C=O) groups is 2. The van der Waals surface area contributed by atoms with Crippen molar-refractivity contribution in [1.29, 1.82) is 0 Å². The van der Waals surface area contributed by atoms with Crippen molar-refractivity contribution in [2.45, 2.75) is 39.0 Å². The number of benzene rings is 1. The van der Waals surface area contributed by atoms with Gasteiger partial charge in [-0.15, -0.1) is 0 Å². The van der Waals surface area contributed by atoms with Crippen LogP contribution in [-0.2, 0) is 14.3 Å². The second-order valence-corrected chi connectivity index (χ2v) is 3.91. The molecule has 0 N–H and O–H groups in total. The quantitative estimate of drug-likeness (QED) is 0.581. The summed E-state index contributed by atoms with van der Waals surface area (Å²) in [5, 5.41) is 0. The molecule has 1 aromatic carbocycles. The maximum atomic E-state index is 11.8. The highest BCUT2D eigenvalue weighted by atomic mass is 16.6. The van der Waals surface area contributed by atoms with Gasteiger partial charge in [0.1, 0.15) is 0 Å². The molecule has 17 heavy (non-hydrogen) atoms. The highest BCUT2D eigenvalue weighted by molar-refractivity contribution is 5.89. The Balaban J connectivity index is 2.68. The molecular weight excluding hydrogens is 216 g/mol. The largest absolute Gasteiger partial charge is 0.393 e. The average molecular weight is 234 g/mol. The van der Waals surface area contributed by atoms with Gasteiger partial charge in [0, 0.05) is 6.42 Å². The first kappa shape index (κ1) is 13.4. The number of rotatable bonds is 5. The first-order valence-corrected chi connectivity index (χ1v) is 5.98. The Kier molecular flexibility index (Phi) is 5.40. The van der Waals surface area contributed by atoms with Crippen LogP contribution >= 0.6 is 0 Å².